The van der Waals surface area contributed by atoms with E-state index in [1.165, 1.54) is 25.7 Å². The van der Waals surface area contributed by atoms with Gasteiger partial charge < -0.3 is 10.1 Å². The van der Waals surface area contributed by atoms with Crippen molar-refractivity contribution in [1.82, 2.24) is 5.32 Å². The van der Waals surface area contributed by atoms with Gasteiger partial charge in [-0.2, -0.15) is 0 Å². The van der Waals surface area contributed by atoms with E-state index in [0.717, 1.165) is 6.54 Å². The van der Waals surface area contributed by atoms with Crippen LogP contribution in [0.25, 0.3) is 0 Å². The lowest BCUT2D eigenvalue weighted by atomic mass is 9.80. The highest BCUT2D eigenvalue weighted by atomic mass is 35.5. The van der Waals surface area contributed by atoms with Gasteiger partial charge in [0.2, 0.25) is 5.91 Å². The number of hydrogen-bond donors (Lipinski definition) is 1. The van der Waals surface area contributed by atoms with E-state index in [2.05, 4.69) is 5.32 Å². The molecular weight excluding hydrogens is 226 g/mol. The first kappa shape index (κ1) is 13.8. The molecule has 0 spiro atoms. The molecule has 0 aromatic heterocycles. The first-order valence-corrected chi connectivity index (χ1v) is 6.71. The molecule has 0 heterocycles. The number of ether oxygens (including phenoxy) is 1. The summed E-state index contributed by atoms with van der Waals surface area (Å²) >= 11 is 5.94. The SMILES string of the molecule is CCOCC(=O)NCC1CCCCC1CCl. The maximum absolute atomic E-state index is 11.4. The van der Waals surface area contributed by atoms with Gasteiger partial charge in [0.15, 0.2) is 0 Å². The summed E-state index contributed by atoms with van der Waals surface area (Å²) in [7, 11) is 0. The van der Waals surface area contributed by atoms with Crippen LogP contribution in [0.2, 0.25) is 0 Å². The Hall–Kier alpha value is -0.280. The number of nitrogens with one attached hydrogen (secondary N) is 1. The monoisotopic (exact) mass is 247 g/mol. The van der Waals surface area contributed by atoms with E-state index in [9.17, 15) is 4.79 Å². The normalized spacial score (nSPS) is 25.4. The van der Waals surface area contributed by atoms with E-state index in [1.807, 2.05) is 6.92 Å². The molecule has 1 fully saturated rings. The molecular formula is C12H22ClNO2. The molecule has 1 saturated carbocycles. The van der Waals surface area contributed by atoms with Crippen molar-refractivity contribution in [3.63, 3.8) is 0 Å². The second-order valence-electron chi connectivity index (χ2n) is 4.40. The molecule has 2 unspecified atom stereocenters. The molecule has 94 valence electrons. The first-order valence-electron chi connectivity index (χ1n) is 6.18. The van der Waals surface area contributed by atoms with Crippen LogP contribution in [0.1, 0.15) is 32.6 Å². The summed E-state index contributed by atoms with van der Waals surface area (Å²) in [5.41, 5.74) is 0. The van der Waals surface area contributed by atoms with E-state index in [-0.39, 0.29) is 12.5 Å². The lowest BCUT2D eigenvalue weighted by Crippen LogP contribution is -2.36. The van der Waals surface area contributed by atoms with Crippen LogP contribution in [-0.4, -0.2) is 31.5 Å². The van der Waals surface area contributed by atoms with Crippen LogP contribution in [0.4, 0.5) is 0 Å². The number of carbonyl (C=O) groups excluding carboxylic acids is 1. The van der Waals surface area contributed by atoms with E-state index in [1.54, 1.807) is 0 Å². The Kier molecular flexibility index (Phi) is 6.81. The summed E-state index contributed by atoms with van der Waals surface area (Å²) in [5, 5.41) is 2.93. The fourth-order valence-corrected chi connectivity index (χ4v) is 2.65. The predicted octanol–water partition coefficient (Wildman–Crippen LogP) is 2.18. The van der Waals surface area contributed by atoms with Crippen LogP contribution >= 0.6 is 11.6 Å². The molecule has 0 aromatic carbocycles. The average Bonchev–Trinajstić information content (AvgIpc) is 2.34. The molecule has 4 heteroatoms. The number of hydrogen-bond acceptors (Lipinski definition) is 2. The highest BCUT2D eigenvalue weighted by Crippen LogP contribution is 2.30. The summed E-state index contributed by atoms with van der Waals surface area (Å²) in [6.45, 7) is 3.40. The molecule has 1 aliphatic carbocycles. The third kappa shape index (κ3) is 4.71. The zero-order valence-corrected chi connectivity index (χ0v) is 10.8. The summed E-state index contributed by atoms with van der Waals surface area (Å²) in [5.74, 6) is 1.83. The third-order valence-corrected chi connectivity index (χ3v) is 3.66. The standard InChI is InChI=1S/C12H22ClNO2/c1-2-16-9-12(15)14-8-11-6-4-3-5-10(11)7-13/h10-11H,2-9H2,1H3,(H,14,15). The molecule has 1 rings (SSSR count). The van der Waals surface area contributed by atoms with Crippen molar-refractivity contribution in [2.45, 2.75) is 32.6 Å². The summed E-state index contributed by atoms with van der Waals surface area (Å²) in [6, 6.07) is 0. The van der Waals surface area contributed by atoms with Crippen molar-refractivity contribution in [2.75, 3.05) is 25.6 Å². The van der Waals surface area contributed by atoms with Crippen LogP contribution in [0, 0.1) is 11.8 Å². The molecule has 0 aliphatic heterocycles. The zero-order valence-electron chi connectivity index (χ0n) is 10.0. The minimum atomic E-state index is -0.0132. The topological polar surface area (TPSA) is 38.3 Å². The number of alkyl halides is 1. The number of amides is 1. The van der Waals surface area contributed by atoms with Crippen molar-refractivity contribution < 1.29 is 9.53 Å². The first-order chi connectivity index (χ1) is 7.77. The summed E-state index contributed by atoms with van der Waals surface area (Å²) < 4.78 is 5.05. The van der Waals surface area contributed by atoms with Gasteiger partial charge in [0.05, 0.1) is 0 Å². The predicted molar refractivity (Wildman–Crippen MR) is 65.7 cm³/mol. The molecule has 16 heavy (non-hydrogen) atoms. The van der Waals surface area contributed by atoms with Crippen LogP contribution in [0.15, 0.2) is 0 Å². The van der Waals surface area contributed by atoms with E-state index < -0.39 is 0 Å². The van der Waals surface area contributed by atoms with Gasteiger partial charge >= 0.3 is 0 Å². The minimum Gasteiger partial charge on any atom is -0.372 e. The van der Waals surface area contributed by atoms with Crippen molar-refractivity contribution in [1.29, 1.82) is 0 Å². The highest BCUT2D eigenvalue weighted by Gasteiger charge is 2.24. The molecule has 1 amide bonds. The van der Waals surface area contributed by atoms with Crippen LogP contribution in [-0.2, 0) is 9.53 Å². The smallest absolute Gasteiger partial charge is 0.246 e. The molecule has 0 radical (unpaired) electrons. The molecule has 0 bridgehead atoms. The average molecular weight is 248 g/mol. The molecule has 3 nitrogen and oxygen atoms in total. The van der Waals surface area contributed by atoms with E-state index in [4.69, 9.17) is 16.3 Å². The quantitative estimate of drug-likeness (QED) is 0.731. The van der Waals surface area contributed by atoms with Gasteiger partial charge in [-0.1, -0.05) is 12.8 Å². The maximum atomic E-state index is 11.4. The largest absolute Gasteiger partial charge is 0.372 e. The van der Waals surface area contributed by atoms with E-state index in [0.29, 0.717) is 24.3 Å². The molecule has 0 aromatic rings. The van der Waals surface area contributed by atoms with Gasteiger partial charge in [0, 0.05) is 19.0 Å². The second-order valence-corrected chi connectivity index (χ2v) is 4.71. The van der Waals surface area contributed by atoms with Crippen LogP contribution in [0.5, 0.6) is 0 Å². The van der Waals surface area contributed by atoms with Gasteiger partial charge in [0.25, 0.3) is 0 Å². The molecule has 2 atom stereocenters. The minimum absolute atomic E-state index is 0.0132. The molecule has 0 saturated heterocycles. The Balaban J connectivity index is 2.21. The van der Waals surface area contributed by atoms with Crippen molar-refractivity contribution in [3.8, 4) is 0 Å². The second kappa shape index (κ2) is 7.91. The Labute approximate surface area is 103 Å². The van der Waals surface area contributed by atoms with E-state index >= 15 is 0 Å². The molecule has 1 N–H and O–H groups in total. The van der Waals surface area contributed by atoms with Gasteiger partial charge in [-0.05, 0) is 31.6 Å². The van der Waals surface area contributed by atoms with Gasteiger partial charge in [0.1, 0.15) is 6.61 Å². The van der Waals surface area contributed by atoms with Gasteiger partial charge in [-0.3, -0.25) is 4.79 Å². The number of carbonyl (C=O) groups is 1. The third-order valence-electron chi connectivity index (χ3n) is 3.26. The highest BCUT2D eigenvalue weighted by molar-refractivity contribution is 6.18. The Morgan fingerprint density at radius 1 is 1.38 bits per heavy atom. The number of rotatable bonds is 6. The number of halogens is 1. The maximum Gasteiger partial charge on any atom is 0.246 e. The lowest BCUT2D eigenvalue weighted by Gasteiger charge is -2.30. The van der Waals surface area contributed by atoms with Crippen LogP contribution in [0.3, 0.4) is 0 Å². The van der Waals surface area contributed by atoms with Crippen LogP contribution < -0.4 is 5.32 Å². The zero-order chi connectivity index (χ0) is 11.8. The fourth-order valence-electron chi connectivity index (χ4n) is 2.25. The molecule has 1 aliphatic rings. The Bertz CT molecular complexity index is 211. The van der Waals surface area contributed by atoms with Crippen molar-refractivity contribution in [2.24, 2.45) is 11.8 Å². The lowest BCUT2D eigenvalue weighted by molar-refractivity contribution is -0.125. The van der Waals surface area contributed by atoms with Crippen molar-refractivity contribution in [3.05, 3.63) is 0 Å². The summed E-state index contributed by atoms with van der Waals surface area (Å²) in [6.07, 6.45) is 4.93. The Morgan fingerprint density at radius 3 is 2.69 bits per heavy atom. The summed E-state index contributed by atoms with van der Waals surface area (Å²) in [4.78, 5) is 11.4. The Morgan fingerprint density at radius 2 is 2.06 bits per heavy atom. The fraction of sp³-hybridized carbons (Fsp3) is 0.917. The van der Waals surface area contributed by atoms with Crippen molar-refractivity contribution >= 4 is 17.5 Å². The van der Waals surface area contributed by atoms with Gasteiger partial charge in [-0.15, -0.1) is 11.6 Å². The van der Waals surface area contributed by atoms with Gasteiger partial charge in [-0.25, -0.2) is 0 Å².